The molecule has 2 heterocycles. The highest BCUT2D eigenvalue weighted by molar-refractivity contribution is 9.13. The molecule has 0 aliphatic carbocycles. The molecule has 3 aromatic rings. The summed E-state index contributed by atoms with van der Waals surface area (Å²) in [6.45, 7) is 2.59. The summed E-state index contributed by atoms with van der Waals surface area (Å²) in [4.78, 5) is 16.3. The molecular formula is C18H16Br2N4O4. The van der Waals surface area contributed by atoms with Gasteiger partial charge in [-0.05, 0) is 45.0 Å². The smallest absolute Gasteiger partial charge is 0.415 e. The number of benzene rings is 2. The van der Waals surface area contributed by atoms with Crippen molar-refractivity contribution in [3.63, 3.8) is 0 Å². The number of carbonyl (C=O) groups excluding carboxylic acids is 1. The van der Waals surface area contributed by atoms with Crippen LogP contribution >= 0.6 is 31.9 Å². The van der Waals surface area contributed by atoms with Gasteiger partial charge in [-0.2, -0.15) is 9.46 Å². The number of likely N-dealkylation sites (N-methyl/N-ethyl adjacent to an activating group) is 1. The lowest BCUT2D eigenvalue weighted by Gasteiger charge is -2.31. The molecule has 0 unspecified atom stereocenters. The molecule has 1 saturated heterocycles. The zero-order chi connectivity index (χ0) is 20.0. The molecular weight excluding hydrogens is 496 g/mol. The van der Waals surface area contributed by atoms with Gasteiger partial charge < -0.3 is 25.0 Å². The fourth-order valence-electron chi connectivity index (χ4n) is 3.21. The predicted octanol–water partition coefficient (Wildman–Crippen LogP) is 2.53. The van der Waals surface area contributed by atoms with E-state index in [1.807, 2.05) is 7.05 Å². The van der Waals surface area contributed by atoms with E-state index in [0.29, 0.717) is 31.5 Å². The lowest BCUT2D eigenvalue weighted by Crippen LogP contribution is -2.48. The first-order chi connectivity index (χ1) is 13.4. The third kappa shape index (κ3) is 3.25. The molecule has 2 aromatic carbocycles. The fraction of sp³-hybridized carbons (Fsp3) is 0.278. The Bertz CT molecular complexity index is 1100. The Morgan fingerprint density at radius 2 is 1.61 bits per heavy atom. The van der Waals surface area contributed by atoms with E-state index in [1.54, 1.807) is 23.1 Å². The van der Waals surface area contributed by atoms with E-state index in [0.717, 1.165) is 13.1 Å². The van der Waals surface area contributed by atoms with Crippen molar-refractivity contribution < 1.29 is 19.0 Å². The molecule has 1 aliphatic rings. The molecule has 0 radical (unpaired) electrons. The second-order valence-electron chi connectivity index (χ2n) is 6.63. The maximum atomic E-state index is 13.0. The monoisotopic (exact) mass is 510 g/mol. The minimum absolute atomic E-state index is 0.0155. The molecule has 1 amide bonds. The number of rotatable bonds is 1. The average molecular weight is 512 g/mol. The van der Waals surface area contributed by atoms with Crippen LogP contribution in [0, 0.1) is 10.4 Å². The van der Waals surface area contributed by atoms with Crippen molar-refractivity contribution in [2.45, 2.75) is 0 Å². The van der Waals surface area contributed by atoms with Crippen LogP contribution in [0.2, 0.25) is 0 Å². The summed E-state index contributed by atoms with van der Waals surface area (Å²) in [5.41, 5.74) is 0.517. The maximum Gasteiger partial charge on any atom is 0.415 e. The number of hydrogen-bond donors (Lipinski definition) is 0. The van der Waals surface area contributed by atoms with Crippen LogP contribution in [0.4, 0.5) is 4.79 Å². The van der Waals surface area contributed by atoms with Crippen molar-refractivity contribution >= 4 is 60.0 Å². The summed E-state index contributed by atoms with van der Waals surface area (Å²) in [5.74, 6) is 0.0574. The van der Waals surface area contributed by atoms with Crippen LogP contribution in [0.25, 0.3) is 22.1 Å². The van der Waals surface area contributed by atoms with E-state index < -0.39 is 6.09 Å². The van der Waals surface area contributed by atoms with Gasteiger partial charge in [-0.1, -0.05) is 6.07 Å². The van der Waals surface area contributed by atoms with Gasteiger partial charge in [0, 0.05) is 53.3 Å². The molecule has 146 valence electrons. The number of ether oxygens (including phenoxy) is 1. The third-order valence-electron chi connectivity index (χ3n) is 4.81. The number of fused-ring (bicyclic) bond motifs is 2. The maximum absolute atomic E-state index is 13.0. The fourth-order valence-corrected chi connectivity index (χ4v) is 3.87. The molecule has 0 bridgehead atoms. The SMILES string of the molecule is CN1CCN(C(=O)Oc2cccc3c2[n+]([O-])c2cc(Br)c(Br)cc2[n+]3[O-])CC1. The molecule has 1 fully saturated rings. The number of para-hydroxylation sites is 1. The Morgan fingerprint density at radius 1 is 1.00 bits per heavy atom. The van der Waals surface area contributed by atoms with Crippen LogP contribution < -0.4 is 14.2 Å². The number of amides is 1. The van der Waals surface area contributed by atoms with Gasteiger partial charge in [0.05, 0.1) is 0 Å². The highest BCUT2D eigenvalue weighted by atomic mass is 79.9. The zero-order valence-electron chi connectivity index (χ0n) is 14.9. The minimum atomic E-state index is -0.532. The van der Waals surface area contributed by atoms with Crippen LogP contribution in [0.15, 0.2) is 39.3 Å². The zero-order valence-corrected chi connectivity index (χ0v) is 18.1. The molecule has 1 aromatic heterocycles. The van der Waals surface area contributed by atoms with Crippen LogP contribution in [0.1, 0.15) is 0 Å². The van der Waals surface area contributed by atoms with Crippen LogP contribution in [-0.2, 0) is 0 Å². The van der Waals surface area contributed by atoms with Gasteiger partial charge in [0.2, 0.25) is 5.75 Å². The number of halogens is 2. The first kappa shape index (κ1) is 19.2. The van der Waals surface area contributed by atoms with Crippen molar-refractivity contribution in [1.82, 2.24) is 9.80 Å². The van der Waals surface area contributed by atoms with Crippen LogP contribution in [0.5, 0.6) is 5.75 Å². The van der Waals surface area contributed by atoms with Crippen molar-refractivity contribution in [3.8, 4) is 5.75 Å². The highest BCUT2D eigenvalue weighted by Crippen LogP contribution is 2.28. The van der Waals surface area contributed by atoms with Gasteiger partial charge >= 0.3 is 11.6 Å². The third-order valence-corrected chi connectivity index (χ3v) is 6.66. The molecule has 0 N–H and O–H groups in total. The Morgan fingerprint density at radius 3 is 2.25 bits per heavy atom. The molecule has 8 nitrogen and oxygen atoms in total. The largest absolute Gasteiger partial charge is 0.617 e. The van der Waals surface area contributed by atoms with Gasteiger partial charge in [-0.3, -0.25) is 0 Å². The van der Waals surface area contributed by atoms with Gasteiger partial charge in [-0.25, -0.2) is 4.79 Å². The molecule has 10 heteroatoms. The summed E-state index contributed by atoms with van der Waals surface area (Å²) in [5, 5.41) is 25.9. The van der Waals surface area contributed by atoms with E-state index in [2.05, 4.69) is 36.8 Å². The number of nitrogens with zero attached hydrogens (tertiary/aromatic N) is 4. The topological polar surface area (TPSA) is 86.7 Å². The molecule has 1 aliphatic heterocycles. The number of hydrogen-bond acceptors (Lipinski definition) is 5. The number of carbonyl (C=O) groups is 1. The van der Waals surface area contributed by atoms with Gasteiger partial charge in [-0.15, -0.1) is 0 Å². The Kier molecular flexibility index (Phi) is 5.02. The van der Waals surface area contributed by atoms with Crippen molar-refractivity contribution in [3.05, 3.63) is 49.7 Å². The highest BCUT2D eigenvalue weighted by Gasteiger charge is 2.28. The molecule has 28 heavy (non-hydrogen) atoms. The normalized spacial score (nSPS) is 15.3. The van der Waals surface area contributed by atoms with Gasteiger partial charge in [0.15, 0.2) is 0 Å². The Hall–Kier alpha value is -2.17. The second-order valence-corrected chi connectivity index (χ2v) is 8.33. The van der Waals surface area contributed by atoms with Gasteiger partial charge in [0.1, 0.15) is 0 Å². The summed E-state index contributed by atoms with van der Waals surface area (Å²) in [6.07, 6.45) is -0.532. The lowest BCUT2D eigenvalue weighted by molar-refractivity contribution is -0.591. The summed E-state index contributed by atoms with van der Waals surface area (Å²) >= 11 is 6.69. The van der Waals surface area contributed by atoms with E-state index in [9.17, 15) is 15.2 Å². The Balaban J connectivity index is 1.81. The molecule has 0 spiro atoms. The predicted molar refractivity (Wildman–Crippen MR) is 110 cm³/mol. The van der Waals surface area contributed by atoms with Crippen molar-refractivity contribution in [2.24, 2.45) is 0 Å². The molecule has 0 atom stereocenters. The van der Waals surface area contributed by atoms with Gasteiger partial charge in [0.25, 0.3) is 16.6 Å². The van der Waals surface area contributed by atoms with E-state index in [-0.39, 0.29) is 27.8 Å². The first-order valence-electron chi connectivity index (χ1n) is 8.58. The van der Waals surface area contributed by atoms with E-state index >= 15 is 0 Å². The minimum Gasteiger partial charge on any atom is -0.617 e. The summed E-state index contributed by atoms with van der Waals surface area (Å²) in [6, 6.07) is 7.76. The lowest BCUT2D eigenvalue weighted by atomic mass is 10.2. The van der Waals surface area contributed by atoms with Crippen LogP contribution in [-0.4, -0.2) is 49.1 Å². The Labute approximate surface area is 177 Å². The number of aromatic nitrogens is 2. The van der Waals surface area contributed by atoms with E-state index in [4.69, 9.17) is 4.74 Å². The molecule has 0 saturated carbocycles. The average Bonchev–Trinajstić information content (AvgIpc) is 2.68. The molecule has 4 rings (SSSR count). The van der Waals surface area contributed by atoms with Crippen LogP contribution in [0.3, 0.4) is 0 Å². The second kappa shape index (κ2) is 7.34. The van der Waals surface area contributed by atoms with Crippen molar-refractivity contribution in [2.75, 3.05) is 33.2 Å². The number of piperazine rings is 1. The standard InChI is InChI=1S/C18H16Br2N4O4/c1-21-5-7-22(8-6-21)18(25)28-16-4-2-3-13-17(16)24(27)15-10-12(20)11(19)9-14(15)23(13)26/h2-4,9-10H,5-8H2,1H3. The van der Waals surface area contributed by atoms with E-state index in [1.165, 1.54) is 12.1 Å². The van der Waals surface area contributed by atoms with Crippen molar-refractivity contribution in [1.29, 1.82) is 0 Å². The summed E-state index contributed by atoms with van der Waals surface area (Å²) < 4.78 is 8.10. The quantitative estimate of drug-likeness (QED) is 0.284. The summed E-state index contributed by atoms with van der Waals surface area (Å²) in [7, 11) is 1.99. The first-order valence-corrected chi connectivity index (χ1v) is 10.2.